The Morgan fingerprint density at radius 2 is 2.07 bits per heavy atom. The lowest BCUT2D eigenvalue weighted by molar-refractivity contribution is 0.425. The van der Waals surface area contributed by atoms with Crippen molar-refractivity contribution in [2.24, 2.45) is 0 Å². The second-order valence-electron chi connectivity index (χ2n) is 2.85. The molecule has 0 spiro atoms. The van der Waals surface area contributed by atoms with Crippen LogP contribution in [0, 0.1) is 3.57 Å². The molecule has 0 fully saturated rings. The number of hydrogen-bond acceptors (Lipinski definition) is 4. The Balaban J connectivity index is 2.74. The van der Waals surface area contributed by atoms with Crippen molar-refractivity contribution in [2.45, 2.75) is 4.21 Å². The van der Waals surface area contributed by atoms with Crippen LogP contribution in [0.3, 0.4) is 0 Å². The number of hydrogen-bond donors (Lipinski definition) is 3. The average Bonchev–Trinajstić information content (AvgIpc) is 2.46. The molecular weight excluding hydrogens is 330 g/mol. The van der Waals surface area contributed by atoms with Crippen LogP contribution in [-0.2, 0) is 0 Å². The van der Waals surface area contributed by atoms with E-state index in [9.17, 15) is 0 Å². The Labute approximate surface area is 105 Å². The number of benzene rings is 1. The van der Waals surface area contributed by atoms with Gasteiger partial charge in [-0.3, -0.25) is 0 Å². The quantitative estimate of drug-likeness (QED) is 0.419. The van der Waals surface area contributed by atoms with Crippen molar-refractivity contribution in [3.63, 3.8) is 0 Å². The van der Waals surface area contributed by atoms with E-state index in [1.54, 1.807) is 17.4 Å². The van der Waals surface area contributed by atoms with Crippen molar-refractivity contribution >= 4 is 69.2 Å². The van der Waals surface area contributed by atoms with E-state index >= 15 is 0 Å². The van der Waals surface area contributed by atoms with Gasteiger partial charge in [0.2, 0.25) is 0 Å². The summed E-state index contributed by atoms with van der Waals surface area (Å²) in [6, 6.07) is 5.58. The summed E-state index contributed by atoms with van der Waals surface area (Å²) in [6.07, 6.45) is 0. The molecule has 0 radical (unpaired) electrons. The summed E-state index contributed by atoms with van der Waals surface area (Å²) in [7, 11) is -1.41. The lowest BCUT2D eigenvalue weighted by atomic mass is 9.80. The maximum atomic E-state index is 9.11. The van der Waals surface area contributed by atoms with Gasteiger partial charge in [0.25, 0.3) is 0 Å². The first kappa shape index (κ1) is 10.8. The van der Waals surface area contributed by atoms with Crippen molar-refractivity contribution < 1.29 is 10.0 Å². The molecular formula is C8H6BIO2S2. The first-order chi connectivity index (χ1) is 6.59. The van der Waals surface area contributed by atoms with E-state index in [1.807, 2.05) is 12.1 Å². The molecule has 0 saturated carbocycles. The number of halogens is 1. The first-order valence-electron chi connectivity index (χ1n) is 3.86. The molecule has 1 aromatic heterocycles. The van der Waals surface area contributed by atoms with E-state index in [1.165, 1.54) is 0 Å². The summed E-state index contributed by atoms with van der Waals surface area (Å²) in [6.45, 7) is 0. The van der Waals surface area contributed by atoms with Gasteiger partial charge in [-0.25, -0.2) is 0 Å². The average molecular weight is 336 g/mol. The molecule has 0 bridgehead atoms. The van der Waals surface area contributed by atoms with Crippen LogP contribution in [0.1, 0.15) is 0 Å². The zero-order chi connectivity index (χ0) is 10.3. The minimum absolute atomic E-state index is 0.549. The molecule has 0 aliphatic carbocycles. The third-order valence-electron chi connectivity index (χ3n) is 1.92. The van der Waals surface area contributed by atoms with Crippen LogP contribution in [0.2, 0.25) is 0 Å². The van der Waals surface area contributed by atoms with Gasteiger partial charge in [-0.15, -0.1) is 24.0 Å². The molecule has 1 heterocycles. The van der Waals surface area contributed by atoms with E-state index in [2.05, 4.69) is 35.2 Å². The van der Waals surface area contributed by atoms with E-state index in [4.69, 9.17) is 10.0 Å². The Bertz CT molecular complexity index is 483. The molecule has 0 atom stereocenters. The van der Waals surface area contributed by atoms with Crippen LogP contribution in [0.25, 0.3) is 10.1 Å². The van der Waals surface area contributed by atoms with Gasteiger partial charge < -0.3 is 10.0 Å². The number of fused-ring (bicyclic) bond motifs is 1. The summed E-state index contributed by atoms with van der Waals surface area (Å²) >= 11 is 7.93. The van der Waals surface area contributed by atoms with Gasteiger partial charge in [0.05, 0.1) is 4.21 Å². The van der Waals surface area contributed by atoms with E-state index in [0.29, 0.717) is 5.46 Å². The zero-order valence-electron chi connectivity index (χ0n) is 6.94. The SMILES string of the molecule is OB(O)c1ccc2cc(S)sc2c1I. The summed E-state index contributed by atoms with van der Waals surface area (Å²) < 4.78 is 2.88. The third kappa shape index (κ3) is 1.81. The van der Waals surface area contributed by atoms with Crippen molar-refractivity contribution in [1.82, 2.24) is 0 Å². The van der Waals surface area contributed by atoms with E-state index < -0.39 is 7.12 Å². The fourth-order valence-corrected chi connectivity index (χ4v) is 3.63. The Kier molecular flexibility index (Phi) is 3.08. The van der Waals surface area contributed by atoms with Crippen LogP contribution < -0.4 is 5.46 Å². The maximum absolute atomic E-state index is 9.11. The number of rotatable bonds is 1. The maximum Gasteiger partial charge on any atom is 0.489 e. The van der Waals surface area contributed by atoms with Crippen molar-refractivity contribution in [1.29, 1.82) is 0 Å². The van der Waals surface area contributed by atoms with Gasteiger partial charge >= 0.3 is 7.12 Å². The Hall–Kier alpha value is 0.245. The standard InChI is InChI=1S/C8H6BIO2S2/c10-7-5(9(11)12)2-1-4-3-6(13)14-8(4)7/h1-3,11-13H. The highest BCUT2D eigenvalue weighted by molar-refractivity contribution is 14.1. The predicted octanol–water partition coefficient (Wildman–Crippen LogP) is 1.47. The molecule has 0 aliphatic rings. The lowest BCUT2D eigenvalue weighted by Crippen LogP contribution is -2.32. The minimum atomic E-state index is -1.41. The molecule has 1 aromatic carbocycles. The third-order valence-corrected chi connectivity index (χ3v) is 4.82. The van der Waals surface area contributed by atoms with Crippen molar-refractivity contribution in [3.05, 3.63) is 21.8 Å². The highest BCUT2D eigenvalue weighted by atomic mass is 127. The van der Waals surface area contributed by atoms with Crippen LogP contribution in [0.5, 0.6) is 0 Å². The van der Waals surface area contributed by atoms with Gasteiger partial charge in [0, 0.05) is 8.27 Å². The highest BCUT2D eigenvalue weighted by Crippen LogP contribution is 2.30. The molecule has 14 heavy (non-hydrogen) atoms. The topological polar surface area (TPSA) is 40.5 Å². The predicted molar refractivity (Wildman–Crippen MR) is 71.6 cm³/mol. The molecule has 2 N–H and O–H groups in total. The monoisotopic (exact) mass is 336 g/mol. The number of thiol groups is 1. The van der Waals surface area contributed by atoms with Gasteiger partial charge in [-0.05, 0) is 39.5 Å². The number of thiophene rings is 1. The second kappa shape index (κ2) is 4.01. The van der Waals surface area contributed by atoms with Crippen molar-refractivity contribution in [3.8, 4) is 0 Å². The fraction of sp³-hybridized carbons (Fsp3) is 0. The smallest absolute Gasteiger partial charge is 0.423 e. The molecule has 2 aromatic rings. The highest BCUT2D eigenvalue weighted by Gasteiger charge is 2.17. The van der Waals surface area contributed by atoms with Crippen LogP contribution in [0.15, 0.2) is 22.4 Å². The van der Waals surface area contributed by atoms with Gasteiger partial charge in [-0.2, -0.15) is 0 Å². The molecule has 0 saturated heterocycles. The first-order valence-corrected chi connectivity index (χ1v) is 6.21. The molecule has 0 unspecified atom stereocenters. The van der Waals surface area contributed by atoms with Crippen LogP contribution in [-0.4, -0.2) is 17.2 Å². The normalized spacial score (nSPS) is 10.9. The Morgan fingerprint density at radius 3 is 2.71 bits per heavy atom. The Morgan fingerprint density at radius 1 is 1.36 bits per heavy atom. The van der Waals surface area contributed by atoms with Gasteiger partial charge in [0.1, 0.15) is 0 Å². The fourth-order valence-electron chi connectivity index (χ4n) is 1.27. The second-order valence-corrected chi connectivity index (χ2v) is 5.76. The van der Waals surface area contributed by atoms with Gasteiger partial charge in [0.15, 0.2) is 0 Å². The minimum Gasteiger partial charge on any atom is -0.423 e. The zero-order valence-corrected chi connectivity index (χ0v) is 10.8. The largest absolute Gasteiger partial charge is 0.489 e. The lowest BCUT2D eigenvalue weighted by Gasteiger charge is -2.03. The summed E-state index contributed by atoms with van der Waals surface area (Å²) in [4.78, 5) is 0. The molecule has 0 aliphatic heterocycles. The van der Waals surface area contributed by atoms with Gasteiger partial charge in [-0.1, -0.05) is 12.1 Å². The van der Waals surface area contributed by atoms with Crippen LogP contribution >= 0.6 is 46.6 Å². The molecule has 6 heteroatoms. The molecule has 2 rings (SSSR count). The summed E-state index contributed by atoms with van der Waals surface area (Å²) in [5.41, 5.74) is 0.549. The van der Waals surface area contributed by atoms with Crippen molar-refractivity contribution in [2.75, 3.05) is 0 Å². The van der Waals surface area contributed by atoms with E-state index in [0.717, 1.165) is 17.9 Å². The molecule has 2 nitrogen and oxygen atoms in total. The molecule has 72 valence electrons. The van der Waals surface area contributed by atoms with Crippen LogP contribution in [0.4, 0.5) is 0 Å². The van der Waals surface area contributed by atoms with E-state index in [-0.39, 0.29) is 0 Å². The molecule has 0 amide bonds. The summed E-state index contributed by atoms with van der Waals surface area (Å²) in [5.74, 6) is 0. The summed E-state index contributed by atoms with van der Waals surface area (Å²) in [5, 5.41) is 19.3.